The van der Waals surface area contributed by atoms with Gasteiger partial charge in [-0.05, 0) is 36.8 Å². The van der Waals surface area contributed by atoms with Crippen LogP contribution >= 0.6 is 11.6 Å². The van der Waals surface area contributed by atoms with E-state index >= 15 is 0 Å². The summed E-state index contributed by atoms with van der Waals surface area (Å²) < 4.78 is 14.0. The van der Waals surface area contributed by atoms with E-state index in [9.17, 15) is 19.1 Å². The number of carbonyl (C=O) groups is 2. The van der Waals surface area contributed by atoms with Crippen LogP contribution in [-0.2, 0) is 0 Å². The highest BCUT2D eigenvalue weighted by atomic mass is 35.5. The van der Waals surface area contributed by atoms with Crippen molar-refractivity contribution in [2.24, 2.45) is 5.41 Å². The van der Waals surface area contributed by atoms with Crippen molar-refractivity contribution in [3.05, 3.63) is 34.6 Å². The number of carboxylic acid groups (broad SMARTS) is 1. The largest absolute Gasteiger partial charge is 0.465 e. The number of hydrogen-bond donors (Lipinski definition) is 1. The molecule has 2 aliphatic rings. The fourth-order valence-electron chi connectivity index (χ4n) is 4.90. The Labute approximate surface area is 170 Å². The molecule has 0 spiro atoms. The molecule has 1 unspecified atom stereocenters. The van der Waals surface area contributed by atoms with E-state index in [1.807, 2.05) is 25.7 Å². The number of halogens is 2. The van der Waals surface area contributed by atoms with Crippen LogP contribution in [0, 0.1) is 11.2 Å². The number of amides is 2. The maximum atomic E-state index is 14.0. The van der Waals surface area contributed by atoms with Gasteiger partial charge in [0.1, 0.15) is 5.82 Å². The molecule has 1 aromatic carbocycles. The first kappa shape index (κ1) is 20.9. The van der Waals surface area contributed by atoms with Crippen LogP contribution in [0.2, 0.25) is 5.02 Å². The van der Waals surface area contributed by atoms with Gasteiger partial charge in [0.15, 0.2) is 0 Å². The molecule has 0 radical (unpaired) electrons. The maximum Gasteiger partial charge on any atom is 0.407 e. The van der Waals surface area contributed by atoms with E-state index in [1.54, 1.807) is 6.07 Å². The molecule has 1 saturated carbocycles. The van der Waals surface area contributed by atoms with Crippen molar-refractivity contribution in [1.29, 1.82) is 0 Å². The number of nitrogens with zero attached hydrogens (tertiary/aromatic N) is 2. The van der Waals surface area contributed by atoms with Gasteiger partial charge in [-0.2, -0.15) is 0 Å². The topological polar surface area (TPSA) is 60.9 Å². The Morgan fingerprint density at radius 1 is 1.21 bits per heavy atom. The molecule has 0 aromatic heterocycles. The molecule has 1 aromatic rings. The molecule has 1 aliphatic heterocycles. The third-order valence-electron chi connectivity index (χ3n) is 5.99. The molecule has 2 atom stereocenters. The molecular weight excluding hydrogens is 383 g/mol. The van der Waals surface area contributed by atoms with Crippen molar-refractivity contribution in [1.82, 2.24) is 9.80 Å². The normalized spacial score (nSPS) is 23.2. The van der Waals surface area contributed by atoms with E-state index in [1.165, 1.54) is 17.0 Å². The Morgan fingerprint density at radius 3 is 2.43 bits per heavy atom. The Morgan fingerprint density at radius 2 is 1.86 bits per heavy atom. The first-order valence-electron chi connectivity index (χ1n) is 9.89. The predicted octanol–water partition coefficient (Wildman–Crippen LogP) is 5.03. The molecule has 2 amide bonds. The summed E-state index contributed by atoms with van der Waals surface area (Å²) in [4.78, 5) is 28.7. The van der Waals surface area contributed by atoms with Crippen LogP contribution in [0.4, 0.5) is 9.18 Å². The van der Waals surface area contributed by atoms with Gasteiger partial charge in [0.25, 0.3) is 5.91 Å². The summed E-state index contributed by atoms with van der Waals surface area (Å²) >= 11 is 6.12. The van der Waals surface area contributed by atoms with Gasteiger partial charge in [0.2, 0.25) is 0 Å². The van der Waals surface area contributed by atoms with E-state index in [0.29, 0.717) is 13.0 Å². The minimum absolute atomic E-state index is 0.0235. The summed E-state index contributed by atoms with van der Waals surface area (Å²) in [6, 6.07) is 3.70. The van der Waals surface area contributed by atoms with Crippen LogP contribution in [0.1, 0.15) is 63.2 Å². The lowest BCUT2D eigenvalue weighted by molar-refractivity contribution is 0.0341. The number of carbonyl (C=O) groups excluding carboxylic acids is 1. The van der Waals surface area contributed by atoms with E-state index < -0.39 is 11.9 Å². The van der Waals surface area contributed by atoms with Crippen LogP contribution < -0.4 is 0 Å². The second kappa shape index (κ2) is 7.90. The van der Waals surface area contributed by atoms with Gasteiger partial charge < -0.3 is 14.9 Å². The van der Waals surface area contributed by atoms with Crippen LogP contribution in [0.15, 0.2) is 18.2 Å². The van der Waals surface area contributed by atoms with Crippen molar-refractivity contribution >= 4 is 23.6 Å². The van der Waals surface area contributed by atoms with Crippen LogP contribution in [0.25, 0.3) is 0 Å². The lowest BCUT2D eigenvalue weighted by atomic mass is 9.81. The third kappa shape index (κ3) is 3.84. The highest BCUT2D eigenvalue weighted by Gasteiger charge is 2.49. The number of benzene rings is 1. The Balaban J connectivity index is 2.04. The fraction of sp³-hybridized carbons (Fsp3) is 0.619. The van der Waals surface area contributed by atoms with Crippen molar-refractivity contribution in [3.8, 4) is 0 Å². The van der Waals surface area contributed by atoms with E-state index in [0.717, 1.165) is 25.7 Å². The summed E-state index contributed by atoms with van der Waals surface area (Å²) in [5.74, 6) is -0.923. The average molecular weight is 411 g/mol. The molecule has 1 heterocycles. The molecule has 5 nitrogen and oxygen atoms in total. The first-order valence-corrected chi connectivity index (χ1v) is 10.3. The van der Waals surface area contributed by atoms with E-state index in [4.69, 9.17) is 11.6 Å². The van der Waals surface area contributed by atoms with Gasteiger partial charge in [-0.15, -0.1) is 0 Å². The zero-order valence-electron chi connectivity index (χ0n) is 16.6. The summed E-state index contributed by atoms with van der Waals surface area (Å²) in [6.07, 6.45) is 3.41. The molecule has 7 heteroatoms. The molecule has 1 aliphatic carbocycles. The minimum atomic E-state index is -0.968. The van der Waals surface area contributed by atoms with Crippen molar-refractivity contribution in [2.45, 2.75) is 71.0 Å². The van der Waals surface area contributed by atoms with Gasteiger partial charge in [0.05, 0.1) is 22.7 Å². The predicted molar refractivity (Wildman–Crippen MR) is 106 cm³/mol. The van der Waals surface area contributed by atoms with Crippen molar-refractivity contribution in [3.63, 3.8) is 0 Å². The zero-order valence-corrected chi connectivity index (χ0v) is 17.4. The van der Waals surface area contributed by atoms with Crippen LogP contribution in [-0.4, -0.2) is 51.6 Å². The molecule has 28 heavy (non-hydrogen) atoms. The third-order valence-corrected chi connectivity index (χ3v) is 6.38. The lowest BCUT2D eigenvalue weighted by Gasteiger charge is -2.44. The summed E-state index contributed by atoms with van der Waals surface area (Å²) in [5.41, 5.74) is -0.197. The highest BCUT2D eigenvalue weighted by molar-refractivity contribution is 6.34. The van der Waals surface area contributed by atoms with Crippen LogP contribution in [0.5, 0.6) is 0 Å². The van der Waals surface area contributed by atoms with E-state index in [-0.39, 0.29) is 40.0 Å². The highest BCUT2D eigenvalue weighted by Crippen LogP contribution is 2.40. The zero-order chi connectivity index (χ0) is 20.6. The molecule has 154 valence electrons. The number of rotatable bonds is 3. The Kier molecular flexibility index (Phi) is 5.89. The average Bonchev–Trinajstić information content (AvgIpc) is 3.27. The SMILES string of the molecule is CC(C)(C)C1[C@@H](N(C(=O)c2cccc(F)c2Cl)C2CCCC2)CCN1C(=O)O. The number of likely N-dealkylation sites (tertiary alicyclic amines) is 1. The van der Waals surface area contributed by atoms with Gasteiger partial charge >= 0.3 is 6.09 Å². The van der Waals surface area contributed by atoms with Crippen molar-refractivity contribution in [2.75, 3.05) is 6.54 Å². The Hall–Kier alpha value is -1.82. The lowest BCUT2D eigenvalue weighted by Crippen LogP contribution is -2.56. The van der Waals surface area contributed by atoms with Gasteiger partial charge in [-0.25, -0.2) is 9.18 Å². The van der Waals surface area contributed by atoms with Crippen molar-refractivity contribution < 1.29 is 19.1 Å². The van der Waals surface area contributed by atoms with Crippen LogP contribution in [0.3, 0.4) is 0 Å². The second-order valence-corrected chi connectivity index (χ2v) is 9.27. The standard InChI is InChI=1S/C21H28ClFN2O3/c1-21(2,3)18-16(11-12-24(18)20(27)28)25(13-7-4-5-8-13)19(26)14-9-6-10-15(23)17(14)22/h6,9-10,13,16,18H,4-5,7-8,11-12H2,1-3H3,(H,27,28)/t16-,18?/m0/s1. The molecule has 3 rings (SSSR count). The quantitative estimate of drug-likeness (QED) is 0.760. The second-order valence-electron chi connectivity index (χ2n) is 8.89. The Bertz CT molecular complexity index is 759. The van der Waals surface area contributed by atoms with Gasteiger partial charge in [-0.1, -0.05) is 51.3 Å². The molecule has 0 bridgehead atoms. The molecular formula is C21H28ClFN2O3. The van der Waals surface area contributed by atoms with Gasteiger partial charge in [-0.3, -0.25) is 4.79 Å². The summed E-state index contributed by atoms with van der Waals surface area (Å²) in [5, 5.41) is 9.53. The molecule has 1 N–H and O–H groups in total. The molecule has 2 fully saturated rings. The van der Waals surface area contributed by atoms with Gasteiger partial charge in [0, 0.05) is 12.6 Å². The first-order chi connectivity index (χ1) is 13.1. The minimum Gasteiger partial charge on any atom is -0.465 e. The summed E-state index contributed by atoms with van der Waals surface area (Å²) in [6.45, 7) is 6.38. The smallest absolute Gasteiger partial charge is 0.407 e. The maximum absolute atomic E-state index is 14.0. The fourth-order valence-corrected chi connectivity index (χ4v) is 5.11. The number of hydrogen-bond acceptors (Lipinski definition) is 2. The summed E-state index contributed by atoms with van der Waals surface area (Å²) in [7, 11) is 0. The van der Waals surface area contributed by atoms with E-state index in [2.05, 4.69) is 0 Å². The molecule has 1 saturated heterocycles. The monoisotopic (exact) mass is 410 g/mol.